The lowest BCUT2D eigenvalue weighted by molar-refractivity contribution is -0.295. The first-order valence-electron chi connectivity index (χ1n) is 7.06. The summed E-state index contributed by atoms with van der Waals surface area (Å²) in [5.41, 5.74) is 0. The van der Waals surface area contributed by atoms with Gasteiger partial charge in [0.05, 0.1) is 31.5 Å². The maximum Gasteiger partial charge on any atom is 0.308 e. The first-order valence-corrected chi connectivity index (χ1v) is 9.53. The number of sulfone groups is 1. The summed E-state index contributed by atoms with van der Waals surface area (Å²) in [5.74, 6) is -1.62. The van der Waals surface area contributed by atoms with Crippen molar-refractivity contribution in [1.29, 1.82) is 0 Å². The van der Waals surface area contributed by atoms with E-state index in [9.17, 15) is 13.2 Å². The molecular weight excluding hydrogens is 344 g/mol. The highest BCUT2D eigenvalue weighted by molar-refractivity contribution is 7.93. The van der Waals surface area contributed by atoms with Crippen LogP contribution in [0.25, 0.3) is 0 Å². The van der Waals surface area contributed by atoms with Crippen molar-refractivity contribution in [2.45, 2.75) is 55.9 Å². The predicted molar refractivity (Wildman–Crippen MR) is 81.8 cm³/mol. The monoisotopic (exact) mass is 364 g/mol. The molecule has 0 unspecified atom stereocenters. The van der Waals surface area contributed by atoms with E-state index in [1.54, 1.807) is 20.8 Å². The number of nitrogens with zero attached hydrogens (tertiary/aromatic N) is 2. The van der Waals surface area contributed by atoms with Gasteiger partial charge in [-0.2, -0.15) is 0 Å². The van der Waals surface area contributed by atoms with Crippen LogP contribution in [0, 0.1) is 6.92 Å². The SMILES string of the molecule is COC(=O)C[C@H]1C[C@@H](CS(=O)(=O)c2nnc(C)s2)OC(C)(C)O1. The van der Waals surface area contributed by atoms with Gasteiger partial charge >= 0.3 is 5.97 Å². The summed E-state index contributed by atoms with van der Waals surface area (Å²) in [6.45, 7) is 5.06. The fourth-order valence-corrected chi connectivity index (χ4v) is 4.93. The van der Waals surface area contributed by atoms with Crippen LogP contribution in [0.4, 0.5) is 0 Å². The normalized spacial score (nSPS) is 24.3. The second kappa shape index (κ2) is 6.80. The quantitative estimate of drug-likeness (QED) is 0.715. The smallest absolute Gasteiger partial charge is 0.308 e. The van der Waals surface area contributed by atoms with E-state index >= 15 is 0 Å². The number of aromatic nitrogens is 2. The van der Waals surface area contributed by atoms with Crippen molar-refractivity contribution in [2.75, 3.05) is 12.9 Å². The summed E-state index contributed by atoms with van der Waals surface area (Å²) in [7, 11) is -2.30. The molecule has 0 spiro atoms. The molecule has 1 aliphatic heterocycles. The Morgan fingerprint density at radius 1 is 1.35 bits per heavy atom. The van der Waals surface area contributed by atoms with Crippen LogP contribution in [0.15, 0.2) is 4.34 Å². The molecule has 23 heavy (non-hydrogen) atoms. The maximum atomic E-state index is 12.4. The fourth-order valence-electron chi connectivity index (χ4n) is 2.44. The lowest BCUT2D eigenvalue weighted by Crippen LogP contribution is -2.47. The van der Waals surface area contributed by atoms with Gasteiger partial charge in [-0.25, -0.2) is 8.42 Å². The van der Waals surface area contributed by atoms with Crippen molar-refractivity contribution in [2.24, 2.45) is 0 Å². The number of carbonyl (C=O) groups is 1. The third-order valence-corrected chi connectivity index (χ3v) is 6.30. The van der Waals surface area contributed by atoms with E-state index in [2.05, 4.69) is 14.9 Å². The number of esters is 1. The van der Waals surface area contributed by atoms with Crippen LogP contribution in [0.3, 0.4) is 0 Å². The molecule has 1 fully saturated rings. The Hall–Kier alpha value is -1.10. The highest BCUT2D eigenvalue weighted by Crippen LogP contribution is 2.30. The third kappa shape index (κ3) is 4.93. The highest BCUT2D eigenvalue weighted by Gasteiger charge is 2.39. The Morgan fingerprint density at radius 2 is 2.00 bits per heavy atom. The molecule has 10 heteroatoms. The minimum atomic E-state index is -3.60. The molecule has 1 aromatic heterocycles. The lowest BCUT2D eigenvalue weighted by Gasteiger charge is -2.40. The maximum absolute atomic E-state index is 12.4. The van der Waals surface area contributed by atoms with Crippen molar-refractivity contribution >= 4 is 27.1 Å². The molecule has 0 bridgehead atoms. The molecule has 0 N–H and O–H groups in total. The van der Waals surface area contributed by atoms with Gasteiger partial charge in [-0.1, -0.05) is 11.3 Å². The molecule has 2 rings (SSSR count). The summed E-state index contributed by atoms with van der Waals surface area (Å²) < 4.78 is 40.8. The summed E-state index contributed by atoms with van der Waals surface area (Å²) in [5, 5.41) is 8.01. The van der Waals surface area contributed by atoms with E-state index in [-0.39, 0.29) is 22.9 Å². The van der Waals surface area contributed by atoms with Gasteiger partial charge in [0.25, 0.3) is 0 Å². The number of hydrogen-bond acceptors (Lipinski definition) is 9. The van der Waals surface area contributed by atoms with E-state index in [1.807, 2.05) is 0 Å². The number of aryl methyl sites for hydroxylation is 1. The van der Waals surface area contributed by atoms with Gasteiger partial charge in [0.1, 0.15) is 5.01 Å². The Bertz CT molecular complexity index is 670. The lowest BCUT2D eigenvalue weighted by atomic mass is 10.1. The Morgan fingerprint density at radius 3 is 2.57 bits per heavy atom. The Balaban J connectivity index is 2.10. The molecule has 2 atom stereocenters. The van der Waals surface area contributed by atoms with Crippen molar-refractivity contribution < 1.29 is 27.4 Å². The molecule has 0 aromatic carbocycles. The summed E-state index contributed by atoms with van der Waals surface area (Å²) in [6, 6.07) is 0. The van der Waals surface area contributed by atoms with Gasteiger partial charge in [0, 0.05) is 6.42 Å². The molecule has 0 aliphatic carbocycles. The number of rotatable bonds is 5. The summed E-state index contributed by atoms with van der Waals surface area (Å²) in [6.07, 6.45) is -0.710. The fraction of sp³-hybridized carbons (Fsp3) is 0.769. The van der Waals surface area contributed by atoms with Gasteiger partial charge in [0.2, 0.25) is 14.2 Å². The van der Waals surface area contributed by atoms with E-state index < -0.39 is 33.8 Å². The van der Waals surface area contributed by atoms with Crippen molar-refractivity contribution in [3.8, 4) is 0 Å². The second-order valence-corrected chi connectivity index (χ2v) is 9.15. The zero-order valence-corrected chi connectivity index (χ0v) is 15.1. The van der Waals surface area contributed by atoms with Crippen LogP contribution in [0.1, 0.15) is 31.7 Å². The van der Waals surface area contributed by atoms with Crippen LogP contribution < -0.4 is 0 Å². The molecule has 130 valence electrons. The van der Waals surface area contributed by atoms with Gasteiger partial charge < -0.3 is 14.2 Å². The van der Waals surface area contributed by atoms with Gasteiger partial charge in [-0.3, -0.25) is 4.79 Å². The topological polar surface area (TPSA) is 105 Å². The van der Waals surface area contributed by atoms with Gasteiger partial charge in [-0.15, -0.1) is 10.2 Å². The van der Waals surface area contributed by atoms with E-state index in [0.29, 0.717) is 5.01 Å². The summed E-state index contributed by atoms with van der Waals surface area (Å²) >= 11 is 1.03. The average Bonchev–Trinajstić information content (AvgIpc) is 2.83. The molecular formula is C13H20N2O6S2. The van der Waals surface area contributed by atoms with Gasteiger partial charge in [0.15, 0.2) is 5.79 Å². The molecule has 2 heterocycles. The molecule has 1 aliphatic rings. The Kier molecular flexibility index (Phi) is 5.39. The zero-order valence-electron chi connectivity index (χ0n) is 13.4. The van der Waals surface area contributed by atoms with E-state index in [1.165, 1.54) is 7.11 Å². The number of ether oxygens (including phenoxy) is 3. The zero-order chi connectivity index (χ0) is 17.3. The molecule has 1 saturated heterocycles. The number of methoxy groups -OCH3 is 1. The number of carbonyl (C=O) groups excluding carboxylic acids is 1. The average molecular weight is 364 g/mol. The Labute approximate surface area is 139 Å². The molecule has 8 nitrogen and oxygen atoms in total. The largest absolute Gasteiger partial charge is 0.469 e. The molecule has 0 radical (unpaired) electrons. The van der Waals surface area contributed by atoms with E-state index in [0.717, 1.165) is 11.3 Å². The van der Waals surface area contributed by atoms with Crippen molar-refractivity contribution in [3.63, 3.8) is 0 Å². The molecule has 1 aromatic rings. The predicted octanol–water partition coefficient (Wildman–Crippen LogP) is 1.09. The van der Waals surface area contributed by atoms with Crippen LogP contribution >= 0.6 is 11.3 Å². The van der Waals surface area contributed by atoms with Crippen LogP contribution in [0.2, 0.25) is 0 Å². The van der Waals surface area contributed by atoms with Crippen LogP contribution in [-0.4, -0.2) is 55.4 Å². The van der Waals surface area contributed by atoms with Gasteiger partial charge in [-0.05, 0) is 20.8 Å². The van der Waals surface area contributed by atoms with E-state index in [4.69, 9.17) is 9.47 Å². The minimum Gasteiger partial charge on any atom is -0.469 e. The molecule has 0 amide bonds. The third-order valence-electron chi connectivity index (χ3n) is 3.23. The summed E-state index contributed by atoms with van der Waals surface area (Å²) in [4.78, 5) is 11.4. The van der Waals surface area contributed by atoms with Crippen molar-refractivity contribution in [1.82, 2.24) is 10.2 Å². The first kappa shape index (κ1) is 18.2. The molecule has 0 saturated carbocycles. The first-order chi connectivity index (χ1) is 10.6. The second-order valence-electron chi connectivity index (χ2n) is 5.76. The van der Waals surface area contributed by atoms with Crippen molar-refractivity contribution in [3.05, 3.63) is 5.01 Å². The minimum absolute atomic E-state index is 0.0209. The number of hydrogen-bond donors (Lipinski definition) is 0. The van der Waals surface area contributed by atoms with Crippen LogP contribution in [0.5, 0.6) is 0 Å². The highest BCUT2D eigenvalue weighted by atomic mass is 32.2. The standard InChI is InChI=1S/C13H20N2O6S2/c1-8-14-15-12(22-8)23(17,18)7-10-5-9(6-11(16)19-4)20-13(2,3)21-10/h9-10H,5-7H2,1-4H3/t9-,10+/m1/s1. The van der Waals surface area contributed by atoms with Crippen LogP contribution in [-0.2, 0) is 28.8 Å².